The van der Waals surface area contributed by atoms with Gasteiger partial charge in [-0.1, -0.05) is 19.1 Å². The van der Waals surface area contributed by atoms with Gasteiger partial charge in [0.25, 0.3) is 0 Å². The van der Waals surface area contributed by atoms with Crippen molar-refractivity contribution in [3.8, 4) is 0 Å². The van der Waals surface area contributed by atoms with Crippen LogP contribution in [-0.4, -0.2) is 79.2 Å². The van der Waals surface area contributed by atoms with Crippen LogP contribution in [0.2, 0.25) is 0 Å². The molecule has 4 aliphatic heterocycles. The fourth-order valence-corrected chi connectivity index (χ4v) is 8.52. The van der Waals surface area contributed by atoms with E-state index in [1.165, 1.54) is 11.1 Å². The first-order valence-corrected chi connectivity index (χ1v) is 13.5. The molecule has 0 saturated carbocycles. The lowest BCUT2D eigenvalue weighted by Crippen LogP contribution is -2.51. The molecule has 2 N–H and O–H groups in total. The van der Waals surface area contributed by atoms with Crippen molar-refractivity contribution < 1.29 is 38.6 Å². The first-order valence-electron chi connectivity index (χ1n) is 13.5. The van der Waals surface area contributed by atoms with Gasteiger partial charge in [0.2, 0.25) is 0 Å². The number of aliphatic hydroxyl groups is 2. The maximum Gasteiger partial charge on any atom is 0.173 e. The molecule has 12 atom stereocenters. The van der Waals surface area contributed by atoms with Crippen LogP contribution in [0.5, 0.6) is 0 Å². The van der Waals surface area contributed by atoms with E-state index in [4.69, 9.17) is 28.4 Å². The summed E-state index contributed by atoms with van der Waals surface area (Å²) in [6.07, 6.45) is 6.49. The van der Waals surface area contributed by atoms with Crippen molar-refractivity contribution in [2.24, 2.45) is 22.7 Å². The third-order valence-electron chi connectivity index (χ3n) is 10.4. The lowest BCUT2D eigenvalue weighted by Gasteiger charge is -2.51. The van der Waals surface area contributed by atoms with E-state index < -0.39 is 36.5 Å². The Balaban J connectivity index is 1.18. The van der Waals surface area contributed by atoms with Gasteiger partial charge >= 0.3 is 0 Å². The average molecular weight is 503 g/mol. The number of fused-ring (bicyclic) bond motifs is 3. The van der Waals surface area contributed by atoms with Crippen molar-refractivity contribution in [2.45, 2.75) is 95.2 Å². The maximum atomic E-state index is 11.3. The molecule has 0 amide bonds. The SMILES string of the molecule is CO[C@@H]1C[C@H](O[C@@H]2C=C3C=CC4=C5O[C@@H]6CO[C@]7(C)OC[C@@]5(CC[C@@H]4[C@@]3(C)C[C@H]2O)[C@H]67)O[C@H](C)[C@H]1O. The zero-order valence-corrected chi connectivity index (χ0v) is 21.5. The molecule has 0 radical (unpaired) electrons. The van der Waals surface area contributed by atoms with Crippen molar-refractivity contribution in [2.75, 3.05) is 20.3 Å². The van der Waals surface area contributed by atoms with Crippen LogP contribution in [0.1, 0.15) is 46.5 Å². The smallest absolute Gasteiger partial charge is 0.173 e. The third-order valence-corrected chi connectivity index (χ3v) is 10.4. The summed E-state index contributed by atoms with van der Waals surface area (Å²) in [5.41, 5.74) is 2.17. The summed E-state index contributed by atoms with van der Waals surface area (Å²) < 4.78 is 36.5. The van der Waals surface area contributed by atoms with Crippen molar-refractivity contribution in [3.63, 3.8) is 0 Å². The summed E-state index contributed by atoms with van der Waals surface area (Å²) in [4.78, 5) is 0. The standard InChI is InChI=1S/C28H38O8/c1-14-23(30)20(31-4)10-22(34-14)35-19-9-15-5-6-16-17(26(15,2)11-18(19)29)7-8-28-13-33-27(3)24(28)21(12-32-27)36-25(16)28/h5-6,9,14,17-24,29-30H,7-8,10-13H2,1-4H3/t14-,17+,18-,19-,20-,21-,22+,23-,24-,26+,27-,28+/m1/s1. The van der Waals surface area contributed by atoms with E-state index in [-0.39, 0.29) is 34.9 Å². The summed E-state index contributed by atoms with van der Waals surface area (Å²) >= 11 is 0. The molecule has 4 saturated heterocycles. The summed E-state index contributed by atoms with van der Waals surface area (Å²) in [5.74, 6) is 1.08. The number of hydrogen-bond donors (Lipinski definition) is 2. The van der Waals surface area contributed by atoms with E-state index in [2.05, 4.69) is 32.1 Å². The normalized spacial score (nSPS) is 54.9. The molecular weight excluding hydrogens is 464 g/mol. The lowest BCUT2D eigenvalue weighted by molar-refractivity contribution is -0.267. The van der Waals surface area contributed by atoms with E-state index in [0.717, 1.165) is 18.6 Å². The molecule has 8 heteroatoms. The van der Waals surface area contributed by atoms with Gasteiger partial charge in [-0.15, -0.1) is 0 Å². The van der Waals surface area contributed by atoms with Gasteiger partial charge < -0.3 is 38.6 Å². The highest BCUT2D eigenvalue weighted by Gasteiger charge is 2.72. The largest absolute Gasteiger partial charge is 0.491 e. The van der Waals surface area contributed by atoms with Crippen molar-refractivity contribution >= 4 is 0 Å². The van der Waals surface area contributed by atoms with Gasteiger partial charge in [0.15, 0.2) is 12.1 Å². The fraction of sp³-hybridized carbons (Fsp3) is 0.786. The molecule has 1 spiro atoms. The molecule has 198 valence electrons. The maximum absolute atomic E-state index is 11.3. The van der Waals surface area contributed by atoms with Crippen LogP contribution >= 0.6 is 0 Å². The summed E-state index contributed by atoms with van der Waals surface area (Å²) in [6.45, 7) is 7.39. The third kappa shape index (κ3) is 3.06. The highest BCUT2D eigenvalue weighted by Crippen LogP contribution is 2.68. The zero-order chi connectivity index (χ0) is 25.0. The molecule has 8 nitrogen and oxygen atoms in total. The van der Waals surface area contributed by atoms with E-state index >= 15 is 0 Å². The molecule has 7 rings (SSSR count). The van der Waals surface area contributed by atoms with E-state index in [1.54, 1.807) is 7.11 Å². The highest BCUT2D eigenvalue weighted by molar-refractivity contribution is 5.49. The Morgan fingerprint density at radius 1 is 1.14 bits per heavy atom. The summed E-state index contributed by atoms with van der Waals surface area (Å²) in [5, 5.41) is 21.6. The second-order valence-corrected chi connectivity index (χ2v) is 12.3. The van der Waals surface area contributed by atoms with Gasteiger partial charge in [0.1, 0.15) is 24.1 Å². The number of allylic oxidation sites excluding steroid dienone is 4. The second kappa shape index (κ2) is 7.88. The Bertz CT molecular complexity index is 1040. The fourth-order valence-electron chi connectivity index (χ4n) is 8.52. The first-order chi connectivity index (χ1) is 17.2. The van der Waals surface area contributed by atoms with Crippen LogP contribution in [0.25, 0.3) is 0 Å². The Morgan fingerprint density at radius 3 is 2.78 bits per heavy atom. The van der Waals surface area contributed by atoms with Gasteiger partial charge in [-0.2, -0.15) is 0 Å². The Labute approximate surface area is 212 Å². The van der Waals surface area contributed by atoms with Crippen molar-refractivity contribution in [3.05, 3.63) is 35.1 Å². The van der Waals surface area contributed by atoms with Crippen molar-refractivity contribution in [1.29, 1.82) is 0 Å². The lowest BCUT2D eigenvalue weighted by atomic mass is 9.54. The summed E-state index contributed by atoms with van der Waals surface area (Å²) in [7, 11) is 1.59. The van der Waals surface area contributed by atoms with Gasteiger partial charge in [0.05, 0.1) is 42.9 Å². The molecule has 0 bridgehead atoms. The molecule has 4 fully saturated rings. The van der Waals surface area contributed by atoms with Gasteiger partial charge in [-0.3, -0.25) is 0 Å². The minimum Gasteiger partial charge on any atom is -0.491 e. The molecule has 0 aromatic carbocycles. The Morgan fingerprint density at radius 2 is 1.97 bits per heavy atom. The number of aliphatic hydroxyl groups excluding tert-OH is 2. The van der Waals surface area contributed by atoms with E-state index in [1.807, 2.05) is 6.92 Å². The van der Waals surface area contributed by atoms with Crippen LogP contribution in [0.4, 0.5) is 0 Å². The number of ether oxygens (including phenoxy) is 6. The molecule has 3 aliphatic carbocycles. The number of methoxy groups -OCH3 is 1. The monoisotopic (exact) mass is 502 g/mol. The molecular formula is C28H38O8. The number of hydrogen-bond acceptors (Lipinski definition) is 8. The molecule has 36 heavy (non-hydrogen) atoms. The molecule has 7 aliphatic rings. The topological polar surface area (TPSA) is 95.8 Å². The molecule has 0 unspecified atom stereocenters. The van der Waals surface area contributed by atoms with Crippen LogP contribution < -0.4 is 0 Å². The minimum atomic E-state index is -0.692. The van der Waals surface area contributed by atoms with Crippen molar-refractivity contribution in [1.82, 2.24) is 0 Å². The molecule has 4 heterocycles. The first kappa shape index (κ1) is 23.8. The summed E-state index contributed by atoms with van der Waals surface area (Å²) in [6, 6.07) is 0. The predicted molar refractivity (Wildman–Crippen MR) is 127 cm³/mol. The van der Waals surface area contributed by atoms with Gasteiger partial charge in [-0.05, 0) is 56.3 Å². The average Bonchev–Trinajstić information content (AvgIpc) is 3.47. The van der Waals surface area contributed by atoms with Crippen LogP contribution in [0.3, 0.4) is 0 Å². The van der Waals surface area contributed by atoms with Gasteiger partial charge in [-0.25, -0.2) is 0 Å². The molecule has 0 aromatic rings. The zero-order valence-electron chi connectivity index (χ0n) is 21.5. The Kier molecular flexibility index (Phi) is 5.22. The van der Waals surface area contributed by atoms with Crippen LogP contribution in [-0.2, 0) is 28.4 Å². The van der Waals surface area contributed by atoms with E-state index in [9.17, 15) is 10.2 Å². The molecule has 0 aromatic heterocycles. The van der Waals surface area contributed by atoms with Crippen LogP contribution in [0.15, 0.2) is 35.1 Å². The van der Waals surface area contributed by atoms with E-state index in [0.29, 0.717) is 26.1 Å². The predicted octanol–water partition coefficient (Wildman–Crippen LogP) is 2.59. The second-order valence-electron chi connectivity index (χ2n) is 12.3. The Hall–Kier alpha value is -1.26. The number of rotatable bonds is 3. The minimum absolute atomic E-state index is 0.0546. The van der Waals surface area contributed by atoms with Gasteiger partial charge in [0, 0.05) is 18.9 Å². The van der Waals surface area contributed by atoms with Crippen LogP contribution in [0, 0.1) is 22.7 Å². The highest BCUT2D eigenvalue weighted by atomic mass is 16.7. The quantitative estimate of drug-likeness (QED) is 0.608.